The van der Waals surface area contributed by atoms with Crippen molar-refractivity contribution < 1.29 is 4.74 Å². The highest BCUT2D eigenvalue weighted by Gasteiger charge is 2.06. The van der Waals surface area contributed by atoms with Crippen molar-refractivity contribution in [1.82, 2.24) is 4.90 Å². The molecule has 0 saturated heterocycles. The fourth-order valence-corrected chi connectivity index (χ4v) is 1.59. The van der Waals surface area contributed by atoms with Crippen LogP contribution >= 0.6 is 11.6 Å². The van der Waals surface area contributed by atoms with E-state index in [0.717, 1.165) is 11.1 Å². The first-order valence-corrected chi connectivity index (χ1v) is 5.63. The number of hydrogen-bond donors (Lipinski definition) is 1. The van der Waals surface area contributed by atoms with E-state index >= 15 is 0 Å². The second-order valence-corrected chi connectivity index (χ2v) is 4.39. The van der Waals surface area contributed by atoms with Gasteiger partial charge in [-0.1, -0.05) is 11.6 Å². The van der Waals surface area contributed by atoms with E-state index in [1.807, 2.05) is 33.2 Å². The number of ether oxygens (including phenoxy) is 1. The van der Waals surface area contributed by atoms with Gasteiger partial charge in [-0.3, -0.25) is 0 Å². The lowest BCUT2D eigenvalue weighted by Gasteiger charge is -2.12. The van der Waals surface area contributed by atoms with E-state index < -0.39 is 0 Å². The molecule has 0 aliphatic carbocycles. The minimum Gasteiger partial charge on any atom is -0.495 e. The quantitative estimate of drug-likeness (QED) is 0.664. The Bertz CT molecular complexity index is 430. The van der Waals surface area contributed by atoms with Gasteiger partial charge in [0.25, 0.3) is 0 Å². The largest absolute Gasteiger partial charge is 0.495 e. The van der Waals surface area contributed by atoms with Crippen LogP contribution in [0.5, 0.6) is 5.75 Å². The van der Waals surface area contributed by atoms with E-state index in [1.165, 1.54) is 0 Å². The summed E-state index contributed by atoms with van der Waals surface area (Å²) in [6, 6.07) is 3.77. The number of nitrogens with two attached hydrogens (primary N) is 1. The summed E-state index contributed by atoms with van der Waals surface area (Å²) in [6.45, 7) is 2.51. The number of aryl methyl sites for hydroxylation is 1. The molecule has 2 N–H and O–H groups in total. The van der Waals surface area contributed by atoms with Gasteiger partial charge in [0.15, 0.2) is 5.96 Å². The van der Waals surface area contributed by atoms with Gasteiger partial charge in [0.05, 0.1) is 18.7 Å². The second-order valence-electron chi connectivity index (χ2n) is 3.98. The predicted octanol–water partition coefficient (Wildman–Crippen LogP) is 2.03. The fraction of sp³-hybridized carbons (Fsp3) is 0.417. The Kier molecular flexibility index (Phi) is 4.63. The van der Waals surface area contributed by atoms with Crippen molar-refractivity contribution >= 4 is 17.6 Å². The van der Waals surface area contributed by atoms with Gasteiger partial charge in [0, 0.05) is 14.1 Å². The van der Waals surface area contributed by atoms with Crippen molar-refractivity contribution in [3.63, 3.8) is 0 Å². The van der Waals surface area contributed by atoms with Crippen LogP contribution in [-0.4, -0.2) is 32.1 Å². The van der Waals surface area contributed by atoms with Gasteiger partial charge in [-0.05, 0) is 30.2 Å². The minimum absolute atomic E-state index is 0.497. The number of methoxy groups -OCH3 is 1. The second kappa shape index (κ2) is 5.77. The van der Waals surface area contributed by atoms with Crippen molar-refractivity contribution in [2.45, 2.75) is 13.5 Å². The maximum atomic E-state index is 6.06. The monoisotopic (exact) mass is 255 g/mol. The normalized spacial score (nSPS) is 11.5. The Morgan fingerprint density at radius 1 is 1.47 bits per heavy atom. The highest BCUT2D eigenvalue weighted by molar-refractivity contribution is 6.32. The van der Waals surface area contributed by atoms with Crippen LogP contribution in [0, 0.1) is 6.92 Å². The molecular formula is C12H18ClN3O. The molecule has 1 rings (SSSR count). The Labute approximate surface area is 107 Å². The molecule has 0 amide bonds. The lowest BCUT2D eigenvalue weighted by molar-refractivity contribution is 0.414. The van der Waals surface area contributed by atoms with Crippen molar-refractivity contribution in [2.75, 3.05) is 21.2 Å². The molecule has 0 saturated carbocycles. The van der Waals surface area contributed by atoms with Gasteiger partial charge < -0.3 is 15.4 Å². The summed E-state index contributed by atoms with van der Waals surface area (Å²) in [5.74, 6) is 1.17. The summed E-state index contributed by atoms with van der Waals surface area (Å²) in [4.78, 5) is 6.04. The topological polar surface area (TPSA) is 50.9 Å². The third-order valence-corrected chi connectivity index (χ3v) is 2.78. The molecule has 1 aromatic rings. The number of rotatable bonds is 3. The maximum absolute atomic E-state index is 6.06. The van der Waals surface area contributed by atoms with E-state index in [2.05, 4.69) is 4.99 Å². The highest BCUT2D eigenvalue weighted by atomic mass is 35.5. The van der Waals surface area contributed by atoms with Crippen LogP contribution in [0.3, 0.4) is 0 Å². The Morgan fingerprint density at radius 2 is 2.12 bits per heavy atom. The molecule has 0 atom stereocenters. The SMILES string of the molecule is COc1cc(C)c(CN=C(N)N(C)C)cc1Cl. The summed E-state index contributed by atoms with van der Waals surface area (Å²) in [5, 5.41) is 0.590. The lowest BCUT2D eigenvalue weighted by Crippen LogP contribution is -2.30. The molecule has 0 unspecified atom stereocenters. The van der Waals surface area contributed by atoms with E-state index in [9.17, 15) is 0 Å². The van der Waals surface area contributed by atoms with Gasteiger partial charge in [-0.25, -0.2) is 4.99 Å². The molecule has 0 heterocycles. The smallest absolute Gasteiger partial charge is 0.191 e. The fourth-order valence-electron chi connectivity index (χ4n) is 1.33. The minimum atomic E-state index is 0.497. The van der Waals surface area contributed by atoms with Crippen molar-refractivity contribution in [3.8, 4) is 5.75 Å². The summed E-state index contributed by atoms with van der Waals surface area (Å²) in [6.07, 6.45) is 0. The maximum Gasteiger partial charge on any atom is 0.191 e. The van der Waals surface area contributed by atoms with E-state index in [0.29, 0.717) is 23.3 Å². The van der Waals surface area contributed by atoms with Gasteiger partial charge in [0.2, 0.25) is 0 Å². The summed E-state index contributed by atoms with van der Waals surface area (Å²) in [7, 11) is 5.31. The molecular weight excluding hydrogens is 238 g/mol. The molecule has 0 radical (unpaired) electrons. The van der Waals surface area contributed by atoms with Gasteiger partial charge in [-0.2, -0.15) is 0 Å². The first kappa shape index (κ1) is 13.6. The van der Waals surface area contributed by atoms with Crippen molar-refractivity contribution in [3.05, 3.63) is 28.3 Å². The molecule has 0 aromatic heterocycles. The zero-order chi connectivity index (χ0) is 13.0. The molecule has 5 heteroatoms. The molecule has 0 bridgehead atoms. The lowest BCUT2D eigenvalue weighted by atomic mass is 10.1. The van der Waals surface area contributed by atoms with Crippen molar-refractivity contribution in [1.29, 1.82) is 0 Å². The molecule has 1 aromatic carbocycles. The zero-order valence-electron chi connectivity index (χ0n) is 10.6. The van der Waals surface area contributed by atoms with Crippen LogP contribution in [0.2, 0.25) is 5.02 Å². The zero-order valence-corrected chi connectivity index (χ0v) is 11.4. The van der Waals surface area contributed by atoms with E-state index in [1.54, 1.807) is 12.0 Å². The Hall–Kier alpha value is -1.42. The van der Waals surface area contributed by atoms with Gasteiger partial charge >= 0.3 is 0 Å². The first-order chi connectivity index (χ1) is 7.95. The number of hydrogen-bond acceptors (Lipinski definition) is 2. The summed E-state index contributed by atoms with van der Waals surface area (Å²) >= 11 is 6.06. The molecule has 0 aliphatic rings. The molecule has 94 valence electrons. The average molecular weight is 256 g/mol. The molecule has 0 fully saturated rings. The van der Waals surface area contributed by atoms with E-state index in [4.69, 9.17) is 22.1 Å². The number of halogens is 1. The van der Waals surface area contributed by atoms with Crippen LogP contribution in [0.25, 0.3) is 0 Å². The summed E-state index contributed by atoms with van der Waals surface area (Å²) in [5.41, 5.74) is 7.85. The molecule has 0 aliphatic heterocycles. The Balaban J connectivity index is 2.93. The average Bonchev–Trinajstić information content (AvgIpc) is 2.29. The highest BCUT2D eigenvalue weighted by Crippen LogP contribution is 2.28. The molecule has 0 spiro atoms. The van der Waals surface area contributed by atoms with Crippen molar-refractivity contribution in [2.24, 2.45) is 10.7 Å². The van der Waals surface area contributed by atoms with Crippen LogP contribution < -0.4 is 10.5 Å². The van der Waals surface area contributed by atoms with Gasteiger partial charge in [-0.15, -0.1) is 0 Å². The van der Waals surface area contributed by atoms with Crippen LogP contribution in [0.15, 0.2) is 17.1 Å². The summed E-state index contributed by atoms with van der Waals surface area (Å²) < 4.78 is 5.14. The third-order valence-electron chi connectivity index (χ3n) is 2.48. The molecule has 4 nitrogen and oxygen atoms in total. The first-order valence-electron chi connectivity index (χ1n) is 5.26. The molecule has 17 heavy (non-hydrogen) atoms. The van der Waals surface area contributed by atoms with Crippen LogP contribution in [-0.2, 0) is 6.54 Å². The predicted molar refractivity (Wildman–Crippen MR) is 71.8 cm³/mol. The standard InChI is InChI=1S/C12H18ClN3O/c1-8-5-11(17-4)10(13)6-9(8)7-15-12(14)16(2)3/h5-6H,7H2,1-4H3,(H2,14,15). The van der Waals surface area contributed by atoms with E-state index in [-0.39, 0.29) is 0 Å². The van der Waals surface area contributed by atoms with Gasteiger partial charge in [0.1, 0.15) is 5.75 Å². The number of benzene rings is 1. The number of guanidine groups is 1. The number of nitrogens with zero attached hydrogens (tertiary/aromatic N) is 2. The third kappa shape index (κ3) is 3.53. The number of aliphatic imine (C=N–C) groups is 1. The Morgan fingerprint density at radius 3 is 2.65 bits per heavy atom. The van der Waals surface area contributed by atoms with Crippen LogP contribution in [0.1, 0.15) is 11.1 Å². The van der Waals surface area contributed by atoms with Crippen LogP contribution in [0.4, 0.5) is 0 Å².